The third kappa shape index (κ3) is 2.80. The number of rotatable bonds is 4. The van der Waals surface area contributed by atoms with E-state index >= 15 is 0 Å². The van der Waals surface area contributed by atoms with Crippen molar-refractivity contribution in [3.63, 3.8) is 0 Å². The molecule has 0 bridgehead atoms. The Morgan fingerprint density at radius 2 is 1.77 bits per heavy atom. The van der Waals surface area contributed by atoms with Crippen LogP contribution in [-0.4, -0.2) is 19.2 Å². The average molecular weight is 332 g/mol. The van der Waals surface area contributed by atoms with E-state index in [-0.39, 0.29) is 0 Å². The molecule has 0 saturated heterocycles. The number of para-hydroxylation sites is 1. The fourth-order valence-corrected chi connectivity index (χ4v) is 3.18. The summed E-state index contributed by atoms with van der Waals surface area (Å²) in [6, 6.07) is 13.4. The zero-order valence-corrected chi connectivity index (χ0v) is 13.7. The summed E-state index contributed by atoms with van der Waals surface area (Å²) < 4.78 is 10.8. The second kappa shape index (κ2) is 6.38. The molecular formula is C17H14ClNO2S. The molecule has 0 aliphatic heterocycles. The second-order valence-electron chi connectivity index (χ2n) is 4.59. The first-order valence-corrected chi connectivity index (χ1v) is 7.91. The zero-order valence-electron chi connectivity index (χ0n) is 12.2. The summed E-state index contributed by atoms with van der Waals surface area (Å²) in [4.78, 5) is 4.70. The van der Waals surface area contributed by atoms with Crippen LogP contribution in [0.15, 0.2) is 47.8 Å². The van der Waals surface area contributed by atoms with Crippen molar-refractivity contribution in [3.8, 4) is 33.3 Å². The molecule has 3 rings (SSSR count). The Morgan fingerprint density at radius 1 is 1.00 bits per heavy atom. The van der Waals surface area contributed by atoms with Crippen molar-refractivity contribution < 1.29 is 9.47 Å². The van der Waals surface area contributed by atoms with E-state index in [1.165, 1.54) is 0 Å². The number of benzene rings is 2. The van der Waals surface area contributed by atoms with Gasteiger partial charge in [0.05, 0.1) is 25.5 Å². The van der Waals surface area contributed by atoms with Gasteiger partial charge in [-0.1, -0.05) is 29.8 Å². The van der Waals surface area contributed by atoms with E-state index in [9.17, 15) is 0 Å². The number of nitrogens with zero attached hydrogens (tertiary/aromatic N) is 1. The van der Waals surface area contributed by atoms with E-state index in [0.29, 0.717) is 16.5 Å². The molecule has 5 heteroatoms. The Hall–Kier alpha value is -2.04. The number of hydrogen-bond donors (Lipinski definition) is 0. The van der Waals surface area contributed by atoms with Crippen LogP contribution in [0.3, 0.4) is 0 Å². The van der Waals surface area contributed by atoms with Crippen LogP contribution < -0.4 is 9.47 Å². The predicted molar refractivity (Wildman–Crippen MR) is 91.1 cm³/mol. The zero-order chi connectivity index (χ0) is 15.5. The Bertz CT molecular complexity index is 784. The SMILES string of the molecule is COc1cccc(-c2nc(-c3ccc(Cl)cc3)cs2)c1OC. The number of methoxy groups -OCH3 is 2. The molecule has 3 aromatic rings. The molecule has 112 valence electrons. The van der Waals surface area contributed by atoms with Gasteiger partial charge in [-0.15, -0.1) is 11.3 Å². The largest absolute Gasteiger partial charge is 0.493 e. The molecule has 0 atom stereocenters. The van der Waals surface area contributed by atoms with Crippen LogP contribution in [0.25, 0.3) is 21.8 Å². The monoisotopic (exact) mass is 331 g/mol. The summed E-state index contributed by atoms with van der Waals surface area (Å²) >= 11 is 7.50. The molecule has 1 aromatic heterocycles. The third-order valence-electron chi connectivity index (χ3n) is 3.28. The number of ether oxygens (including phenoxy) is 2. The minimum absolute atomic E-state index is 0.696. The molecule has 0 saturated carbocycles. The first-order chi connectivity index (χ1) is 10.7. The van der Waals surface area contributed by atoms with Gasteiger partial charge in [0.2, 0.25) is 0 Å². The minimum Gasteiger partial charge on any atom is -0.493 e. The Kier molecular flexibility index (Phi) is 4.32. The van der Waals surface area contributed by atoms with Crippen LogP contribution in [0.1, 0.15) is 0 Å². The van der Waals surface area contributed by atoms with Crippen molar-refractivity contribution in [2.75, 3.05) is 14.2 Å². The van der Waals surface area contributed by atoms with E-state index in [4.69, 9.17) is 26.1 Å². The van der Waals surface area contributed by atoms with Gasteiger partial charge in [-0.3, -0.25) is 0 Å². The lowest BCUT2D eigenvalue weighted by atomic mass is 10.1. The summed E-state index contributed by atoms with van der Waals surface area (Å²) in [6.45, 7) is 0. The lowest BCUT2D eigenvalue weighted by Gasteiger charge is -2.10. The van der Waals surface area contributed by atoms with E-state index in [1.807, 2.05) is 47.8 Å². The number of halogens is 1. The van der Waals surface area contributed by atoms with E-state index in [1.54, 1.807) is 25.6 Å². The summed E-state index contributed by atoms with van der Waals surface area (Å²) in [5.74, 6) is 1.39. The molecule has 0 aliphatic carbocycles. The van der Waals surface area contributed by atoms with Crippen molar-refractivity contribution in [2.24, 2.45) is 0 Å². The van der Waals surface area contributed by atoms with Crippen molar-refractivity contribution in [3.05, 3.63) is 52.9 Å². The molecule has 1 heterocycles. The van der Waals surface area contributed by atoms with Crippen LogP contribution in [0.5, 0.6) is 11.5 Å². The molecule has 0 spiro atoms. The standard InChI is InChI=1S/C17H14ClNO2S/c1-20-15-5-3-4-13(16(15)21-2)17-19-14(10-22-17)11-6-8-12(18)9-7-11/h3-10H,1-2H3. The molecule has 0 unspecified atom stereocenters. The van der Waals surface area contributed by atoms with Gasteiger partial charge < -0.3 is 9.47 Å². The number of aromatic nitrogens is 1. The lowest BCUT2D eigenvalue weighted by molar-refractivity contribution is 0.356. The highest BCUT2D eigenvalue weighted by Crippen LogP contribution is 2.40. The van der Waals surface area contributed by atoms with Gasteiger partial charge >= 0.3 is 0 Å². The summed E-state index contributed by atoms with van der Waals surface area (Å²) in [6.07, 6.45) is 0. The van der Waals surface area contributed by atoms with Gasteiger partial charge in [0.25, 0.3) is 0 Å². The van der Waals surface area contributed by atoms with E-state index in [0.717, 1.165) is 21.8 Å². The van der Waals surface area contributed by atoms with Crippen LogP contribution in [0, 0.1) is 0 Å². The van der Waals surface area contributed by atoms with Crippen LogP contribution in [-0.2, 0) is 0 Å². The summed E-state index contributed by atoms with van der Waals surface area (Å²) in [5, 5.41) is 3.63. The Morgan fingerprint density at radius 3 is 2.45 bits per heavy atom. The first kappa shape index (κ1) is 14.9. The highest BCUT2D eigenvalue weighted by molar-refractivity contribution is 7.13. The second-order valence-corrected chi connectivity index (χ2v) is 5.88. The molecular weight excluding hydrogens is 318 g/mol. The van der Waals surface area contributed by atoms with Crippen molar-refractivity contribution in [2.45, 2.75) is 0 Å². The van der Waals surface area contributed by atoms with Gasteiger partial charge in [0.15, 0.2) is 11.5 Å². The van der Waals surface area contributed by atoms with E-state index < -0.39 is 0 Å². The normalized spacial score (nSPS) is 10.5. The van der Waals surface area contributed by atoms with Gasteiger partial charge in [0.1, 0.15) is 5.01 Å². The fraction of sp³-hybridized carbons (Fsp3) is 0.118. The maximum absolute atomic E-state index is 5.92. The Balaban J connectivity index is 2.02. The molecule has 2 aromatic carbocycles. The summed E-state index contributed by atoms with van der Waals surface area (Å²) in [5.41, 5.74) is 2.88. The van der Waals surface area contributed by atoms with E-state index in [2.05, 4.69) is 0 Å². The number of hydrogen-bond acceptors (Lipinski definition) is 4. The Labute approximate surface area is 138 Å². The quantitative estimate of drug-likeness (QED) is 0.662. The molecule has 0 fully saturated rings. The van der Waals surface area contributed by atoms with Crippen molar-refractivity contribution >= 4 is 22.9 Å². The van der Waals surface area contributed by atoms with Gasteiger partial charge in [-0.2, -0.15) is 0 Å². The van der Waals surface area contributed by atoms with Crippen molar-refractivity contribution in [1.29, 1.82) is 0 Å². The molecule has 0 N–H and O–H groups in total. The predicted octanol–water partition coefficient (Wildman–Crippen LogP) is 5.15. The average Bonchev–Trinajstić information content (AvgIpc) is 3.04. The fourth-order valence-electron chi connectivity index (χ4n) is 2.21. The smallest absolute Gasteiger partial charge is 0.170 e. The summed E-state index contributed by atoms with van der Waals surface area (Å²) in [7, 11) is 3.26. The molecule has 22 heavy (non-hydrogen) atoms. The highest BCUT2D eigenvalue weighted by atomic mass is 35.5. The van der Waals surface area contributed by atoms with Crippen LogP contribution >= 0.6 is 22.9 Å². The van der Waals surface area contributed by atoms with Gasteiger partial charge in [-0.05, 0) is 24.3 Å². The van der Waals surface area contributed by atoms with Gasteiger partial charge in [-0.25, -0.2) is 4.98 Å². The third-order valence-corrected chi connectivity index (χ3v) is 4.41. The topological polar surface area (TPSA) is 31.4 Å². The molecule has 3 nitrogen and oxygen atoms in total. The first-order valence-electron chi connectivity index (χ1n) is 6.65. The number of thiazole rings is 1. The maximum Gasteiger partial charge on any atom is 0.170 e. The molecule has 0 radical (unpaired) electrons. The molecule has 0 amide bonds. The van der Waals surface area contributed by atoms with Crippen LogP contribution in [0.4, 0.5) is 0 Å². The highest BCUT2D eigenvalue weighted by Gasteiger charge is 2.15. The van der Waals surface area contributed by atoms with Crippen LogP contribution in [0.2, 0.25) is 5.02 Å². The lowest BCUT2D eigenvalue weighted by Crippen LogP contribution is -1.92. The molecule has 0 aliphatic rings. The van der Waals surface area contributed by atoms with Gasteiger partial charge in [0, 0.05) is 16.0 Å². The maximum atomic E-state index is 5.92. The van der Waals surface area contributed by atoms with Crippen molar-refractivity contribution in [1.82, 2.24) is 4.98 Å². The minimum atomic E-state index is 0.696.